The van der Waals surface area contributed by atoms with Crippen molar-refractivity contribution in [2.24, 2.45) is 0 Å². The van der Waals surface area contributed by atoms with Gasteiger partial charge in [-0.1, -0.05) is 0 Å². The van der Waals surface area contributed by atoms with Crippen molar-refractivity contribution < 1.29 is 17.9 Å². The third kappa shape index (κ3) is 3.80. The number of rotatable bonds is 2. The van der Waals surface area contributed by atoms with Crippen molar-refractivity contribution in [1.82, 2.24) is 4.98 Å². The molecule has 0 spiro atoms. The monoisotopic (exact) mass is 355 g/mol. The molecule has 0 radical (unpaired) electrons. The van der Waals surface area contributed by atoms with Crippen LogP contribution >= 0.6 is 0 Å². The molecule has 1 aromatic heterocycles. The molecule has 0 unspecified atom stereocenters. The fourth-order valence-electron chi connectivity index (χ4n) is 2.30. The summed E-state index contributed by atoms with van der Waals surface area (Å²) in [6.07, 6.45) is 1.57. The van der Waals surface area contributed by atoms with E-state index in [-0.39, 0.29) is 5.82 Å². The number of aromatic nitrogens is 1. The number of sulfonamides is 1. The molecule has 0 atom stereocenters. The zero-order chi connectivity index (χ0) is 18.3. The summed E-state index contributed by atoms with van der Waals surface area (Å²) in [5.41, 5.74) is 0.783. The number of pyridine rings is 1. The van der Waals surface area contributed by atoms with Crippen LogP contribution in [0.4, 0.5) is 16.3 Å². The quantitative estimate of drug-likeness (QED) is 0.881. The van der Waals surface area contributed by atoms with E-state index >= 15 is 0 Å². The SMILES string of the molecule is CC(C)(C)OC(=O)Nc1cc2c(cn1)CCN2S(=O)(=O)C(C)(C)C. The van der Waals surface area contributed by atoms with Gasteiger partial charge in [-0.2, -0.15) is 0 Å². The van der Waals surface area contributed by atoms with Gasteiger partial charge >= 0.3 is 6.09 Å². The van der Waals surface area contributed by atoms with Crippen molar-refractivity contribution in [2.45, 2.75) is 58.3 Å². The molecule has 0 fully saturated rings. The van der Waals surface area contributed by atoms with Crippen LogP contribution in [0.25, 0.3) is 0 Å². The van der Waals surface area contributed by atoms with E-state index in [2.05, 4.69) is 10.3 Å². The maximum atomic E-state index is 12.7. The third-order valence-corrected chi connectivity index (χ3v) is 6.02. The van der Waals surface area contributed by atoms with Gasteiger partial charge in [0.25, 0.3) is 0 Å². The lowest BCUT2D eigenvalue weighted by Crippen LogP contribution is -2.42. The van der Waals surface area contributed by atoms with E-state index in [1.165, 1.54) is 4.31 Å². The van der Waals surface area contributed by atoms with E-state index in [0.717, 1.165) is 5.56 Å². The first-order valence-corrected chi connectivity index (χ1v) is 9.26. The Morgan fingerprint density at radius 1 is 1.25 bits per heavy atom. The fourth-order valence-corrected chi connectivity index (χ4v) is 3.72. The van der Waals surface area contributed by atoms with Crippen molar-refractivity contribution in [3.05, 3.63) is 17.8 Å². The molecule has 0 aliphatic carbocycles. The van der Waals surface area contributed by atoms with Crippen LogP contribution in [0.15, 0.2) is 12.3 Å². The number of amides is 1. The fraction of sp³-hybridized carbons (Fsp3) is 0.625. The molecule has 134 valence electrons. The van der Waals surface area contributed by atoms with Gasteiger partial charge in [-0.15, -0.1) is 0 Å². The number of carbonyl (C=O) groups is 1. The van der Waals surface area contributed by atoms with Crippen LogP contribution in [-0.4, -0.2) is 36.4 Å². The molecule has 24 heavy (non-hydrogen) atoms. The Hall–Kier alpha value is -1.83. The van der Waals surface area contributed by atoms with Crippen LogP contribution < -0.4 is 9.62 Å². The lowest BCUT2D eigenvalue weighted by Gasteiger charge is -2.28. The molecule has 2 rings (SSSR count). The number of ether oxygens (including phenoxy) is 1. The summed E-state index contributed by atoms with van der Waals surface area (Å²) in [5.74, 6) is 0.263. The van der Waals surface area contributed by atoms with E-state index < -0.39 is 26.5 Å². The summed E-state index contributed by atoms with van der Waals surface area (Å²) < 4.78 is 31.1. The zero-order valence-electron chi connectivity index (χ0n) is 15.0. The van der Waals surface area contributed by atoms with E-state index in [1.807, 2.05) is 0 Å². The van der Waals surface area contributed by atoms with Gasteiger partial charge in [-0.3, -0.25) is 9.62 Å². The Morgan fingerprint density at radius 3 is 2.42 bits per heavy atom. The zero-order valence-corrected chi connectivity index (χ0v) is 15.8. The molecule has 7 nitrogen and oxygen atoms in total. The molecule has 1 N–H and O–H groups in total. The highest BCUT2D eigenvalue weighted by Gasteiger charge is 2.38. The molecule has 0 aromatic carbocycles. The topological polar surface area (TPSA) is 88.6 Å². The number of carbonyl (C=O) groups excluding carboxylic acids is 1. The molecule has 1 aromatic rings. The number of fused-ring (bicyclic) bond motifs is 1. The minimum absolute atomic E-state index is 0.263. The summed E-state index contributed by atoms with van der Waals surface area (Å²) >= 11 is 0. The van der Waals surface area contributed by atoms with E-state index in [0.29, 0.717) is 18.7 Å². The predicted octanol–water partition coefficient (Wildman–Crippen LogP) is 2.92. The number of nitrogens with one attached hydrogen (secondary N) is 1. The first-order valence-electron chi connectivity index (χ1n) is 7.82. The number of anilines is 2. The highest BCUT2D eigenvalue weighted by atomic mass is 32.2. The van der Waals surface area contributed by atoms with Crippen molar-refractivity contribution in [1.29, 1.82) is 0 Å². The Labute approximate surface area is 143 Å². The largest absolute Gasteiger partial charge is 0.444 e. The first kappa shape index (κ1) is 18.5. The third-order valence-electron chi connectivity index (χ3n) is 3.51. The van der Waals surface area contributed by atoms with Gasteiger partial charge in [0.15, 0.2) is 0 Å². The van der Waals surface area contributed by atoms with Crippen LogP contribution in [0.3, 0.4) is 0 Å². The average molecular weight is 355 g/mol. The molecule has 1 aliphatic heterocycles. The number of hydrogen-bond acceptors (Lipinski definition) is 5. The minimum Gasteiger partial charge on any atom is -0.444 e. The summed E-state index contributed by atoms with van der Waals surface area (Å²) in [6.45, 7) is 10.7. The van der Waals surface area contributed by atoms with Crippen LogP contribution in [0, 0.1) is 0 Å². The Bertz CT molecular complexity index is 746. The van der Waals surface area contributed by atoms with Gasteiger partial charge in [0, 0.05) is 18.8 Å². The maximum absolute atomic E-state index is 12.7. The van der Waals surface area contributed by atoms with Crippen LogP contribution in [-0.2, 0) is 21.2 Å². The van der Waals surface area contributed by atoms with E-state index in [9.17, 15) is 13.2 Å². The second-order valence-electron chi connectivity index (χ2n) is 7.76. The first-order chi connectivity index (χ1) is 10.8. The molecule has 8 heteroatoms. The van der Waals surface area contributed by atoms with Gasteiger partial charge in [0.1, 0.15) is 11.4 Å². The summed E-state index contributed by atoms with van der Waals surface area (Å²) in [7, 11) is -3.50. The van der Waals surface area contributed by atoms with Crippen LogP contribution in [0.2, 0.25) is 0 Å². The van der Waals surface area contributed by atoms with E-state index in [4.69, 9.17) is 4.74 Å². The molecule has 1 aliphatic rings. The Kier molecular flexibility index (Phi) is 4.56. The Balaban J connectivity index is 2.28. The van der Waals surface area contributed by atoms with Crippen molar-refractivity contribution >= 4 is 27.6 Å². The van der Waals surface area contributed by atoms with Crippen molar-refractivity contribution in [2.75, 3.05) is 16.2 Å². The second-order valence-corrected chi connectivity index (χ2v) is 10.4. The van der Waals surface area contributed by atoms with Gasteiger partial charge in [-0.05, 0) is 53.5 Å². The standard InChI is InChI=1S/C16H25N3O4S/c1-15(2,3)23-14(20)18-13-9-12-11(10-17-13)7-8-19(12)24(21,22)16(4,5)6/h9-10H,7-8H2,1-6H3,(H,17,18,20). The Morgan fingerprint density at radius 2 is 1.88 bits per heavy atom. The minimum atomic E-state index is -3.50. The van der Waals surface area contributed by atoms with Gasteiger partial charge in [0.05, 0.1) is 10.4 Å². The number of hydrogen-bond donors (Lipinski definition) is 1. The molecule has 1 amide bonds. The van der Waals surface area contributed by atoms with Gasteiger partial charge < -0.3 is 4.74 Å². The smallest absolute Gasteiger partial charge is 0.413 e. The molecular formula is C16H25N3O4S. The van der Waals surface area contributed by atoms with Crippen LogP contribution in [0.1, 0.15) is 47.1 Å². The highest BCUT2D eigenvalue weighted by molar-refractivity contribution is 7.94. The lowest BCUT2D eigenvalue weighted by atomic mass is 10.2. The summed E-state index contributed by atoms with van der Waals surface area (Å²) in [6, 6.07) is 1.58. The number of nitrogens with zero attached hydrogens (tertiary/aromatic N) is 2. The highest BCUT2D eigenvalue weighted by Crippen LogP contribution is 2.35. The average Bonchev–Trinajstić information content (AvgIpc) is 2.78. The molecule has 0 bridgehead atoms. The van der Waals surface area contributed by atoms with Crippen molar-refractivity contribution in [3.8, 4) is 0 Å². The van der Waals surface area contributed by atoms with Gasteiger partial charge in [-0.25, -0.2) is 18.2 Å². The lowest BCUT2D eigenvalue weighted by molar-refractivity contribution is 0.0635. The molecular weight excluding hydrogens is 330 g/mol. The van der Waals surface area contributed by atoms with Gasteiger partial charge in [0.2, 0.25) is 10.0 Å². The normalized spacial score (nSPS) is 15.2. The van der Waals surface area contributed by atoms with Crippen LogP contribution in [0.5, 0.6) is 0 Å². The van der Waals surface area contributed by atoms with E-state index in [1.54, 1.807) is 53.8 Å². The maximum Gasteiger partial charge on any atom is 0.413 e. The predicted molar refractivity (Wildman–Crippen MR) is 93.8 cm³/mol. The summed E-state index contributed by atoms with van der Waals surface area (Å²) in [5, 5.41) is 2.55. The summed E-state index contributed by atoms with van der Waals surface area (Å²) in [4.78, 5) is 16.0. The molecule has 0 saturated carbocycles. The molecule has 0 saturated heterocycles. The van der Waals surface area contributed by atoms with Crippen molar-refractivity contribution in [3.63, 3.8) is 0 Å². The second kappa shape index (κ2) is 5.91. The molecule has 2 heterocycles.